The molecule has 0 aromatic heterocycles. The number of aryl methyl sites for hydroxylation is 1. The standard InChI is InChI=1S/C33H37NO7/c1-6-39-28-19-24(12-15-27(28)41-21(2)3)30-29(32(36)33(37)34(30)16-17-38-5)31(35)25-13-14-26(22(4)18-25)40-20-23-10-8-7-9-11-23/h7-15,18-19,21,30,35H,6,16-17,20H2,1-5H3/b31-29-. The van der Waals surface area contributed by atoms with E-state index in [-0.39, 0.29) is 30.6 Å². The van der Waals surface area contributed by atoms with Gasteiger partial charge in [-0.3, -0.25) is 9.59 Å². The van der Waals surface area contributed by atoms with Crippen LogP contribution in [0.25, 0.3) is 5.76 Å². The molecule has 0 spiro atoms. The topological polar surface area (TPSA) is 94.5 Å². The molecule has 8 heteroatoms. The van der Waals surface area contributed by atoms with Crippen molar-refractivity contribution in [2.45, 2.75) is 46.4 Å². The highest BCUT2D eigenvalue weighted by molar-refractivity contribution is 6.46. The molecule has 0 radical (unpaired) electrons. The molecule has 1 N–H and O–H groups in total. The van der Waals surface area contributed by atoms with Gasteiger partial charge in [-0.15, -0.1) is 0 Å². The summed E-state index contributed by atoms with van der Waals surface area (Å²) in [6, 6.07) is 19.5. The molecule has 8 nitrogen and oxygen atoms in total. The number of ether oxygens (including phenoxy) is 4. The summed E-state index contributed by atoms with van der Waals surface area (Å²) < 4.78 is 22.9. The van der Waals surface area contributed by atoms with Crippen LogP contribution in [0.2, 0.25) is 0 Å². The van der Waals surface area contributed by atoms with Crippen molar-refractivity contribution in [2.24, 2.45) is 0 Å². The van der Waals surface area contributed by atoms with Gasteiger partial charge < -0.3 is 29.0 Å². The second kappa shape index (κ2) is 13.4. The first kappa shape index (κ1) is 29.7. The van der Waals surface area contributed by atoms with E-state index in [0.717, 1.165) is 11.1 Å². The van der Waals surface area contributed by atoms with Crippen LogP contribution in [0.5, 0.6) is 17.2 Å². The molecule has 1 saturated heterocycles. The predicted molar refractivity (Wildman–Crippen MR) is 156 cm³/mol. The molecule has 1 amide bonds. The monoisotopic (exact) mass is 559 g/mol. The Hall–Kier alpha value is -4.30. The molecule has 0 bridgehead atoms. The Morgan fingerprint density at radius 2 is 1.68 bits per heavy atom. The zero-order chi connectivity index (χ0) is 29.5. The third-order valence-corrected chi connectivity index (χ3v) is 6.71. The van der Waals surface area contributed by atoms with Crippen LogP contribution in [0.4, 0.5) is 0 Å². The van der Waals surface area contributed by atoms with Crippen molar-refractivity contribution in [1.29, 1.82) is 0 Å². The van der Waals surface area contributed by atoms with Crippen LogP contribution in [-0.4, -0.2) is 54.7 Å². The Bertz CT molecular complexity index is 1410. The van der Waals surface area contributed by atoms with E-state index in [0.29, 0.717) is 41.6 Å². The number of aliphatic hydroxyl groups excluding tert-OH is 1. The van der Waals surface area contributed by atoms with E-state index < -0.39 is 17.7 Å². The molecule has 0 saturated carbocycles. The fraction of sp³-hybridized carbons (Fsp3) is 0.333. The lowest BCUT2D eigenvalue weighted by Crippen LogP contribution is -2.32. The zero-order valence-corrected chi connectivity index (χ0v) is 24.2. The lowest BCUT2D eigenvalue weighted by Gasteiger charge is -2.26. The van der Waals surface area contributed by atoms with Crippen LogP contribution in [0.3, 0.4) is 0 Å². The first-order chi connectivity index (χ1) is 19.7. The quantitative estimate of drug-likeness (QED) is 0.170. The fourth-order valence-corrected chi connectivity index (χ4v) is 4.81. The number of benzene rings is 3. The summed E-state index contributed by atoms with van der Waals surface area (Å²) in [6.45, 7) is 8.77. The lowest BCUT2D eigenvalue weighted by molar-refractivity contribution is -0.140. The van der Waals surface area contributed by atoms with Gasteiger partial charge >= 0.3 is 0 Å². The van der Waals surface area contributed by atoms with Crippen molar-refractivity contribution in [2.75, 3.05) is 26.9 Å². The number of rotatable bonds is 12. The summed E-state index contributed by atoms with van der Waals surface area (Å²) in [7, 11) is 1.53. The van der Waals surface area contributed by atoms with Gasteiger partial charge in [0.1, 0.15) is 18.1 Å². The van der Waals surface area contributed by atoms with Gasteiger partial charge in [-0.2, -0.15) is 0 Å². The summed E-state index contributed by atoms with van der Waals surface area (Å²) in [5.74, 6) is -0.0104. The maximum atomic E-state index is 13.4. The number of hydrogen-bond acceptors (Lipinski definition) is 7. The maximum Gasteiger partial charge on any atom is 0.295 e. The second-order valence-corrected chi connectivity index (χ2v) is 10.0. The van der Waals surface area contributed by atoms with Gasteiger partial charge in [0.15, 0.2) is 11.5 Å². The lowest BCUT2D eigenvalue weighted by atomic mass is 9.94. The number of aliphatic hydroxyl groups is 1. The molecule has 41 heavy (non-hydrogen) atoms. The molecule has 1 fully saturated rings. The number of methoxy groups -OCH3 is 1. The van der Waals surface area contributed by atoms with Crippen LogP contribution in [-0.2, 0) is 20.9 Å². The van der Waals surface area contributed by atoms with Crippen molar-refractivity contribution >= 4 is 17.4 Å². The minimum absolute atomic E-state index is 0.00318. The molecule has 1 aliphatic heterocycles. The van der Waals surface area contributed by atoms with Gasteiger partial charge in [-0.05, 0) is 74.7 Å². The average Bonchev–Trinajstić information content (AvgIpc) is 3.21. The number of nitrogens with zero attached hydrogens (tertiary/aromatic N) is 1. The SMILES string of the molecule is CCOc1cc(C2/C(=C(/O)c3ccc(OCc4ccccc4)c(C)c3)C(=O)C(=O)N2CCOC)ccc1OC(C)C. The maximum absolute atomic E-state index is 13.4. The van der Waals surface area contributed by atoms with E-state index in [4.69, 9.17) is 18.9 Å². The molecule has 1 unspecified atom stereocenters. The minimum atomic E-state index is -0.841. The van der Waals surface area contributed by atoms with Crippen molar-refractivity contribution < 1.29 is 33.6 Å². The summed E-state index contributed by atoms with van der Waals surface area (Å²) in [5.41, 5.74) is 2.84. The number of Topliss-reactive ketones (excluding diaryl/α,β-unsaturated/α-hetero) is 1. The van der Waals surface area contributed by atoms with Crippen LogP contribution in [0, 0.1) is 6.92 Å². The zero-order valence-electron chi connectivity index (χ0n) is 24.2. The Kier molecular flexibility index (Phi) is 9.68. The van der Waals surface area contributed by atoms with Gasteiger partial charge in [0.25, 0.3) is 11.7 Å². The highest BCUT2D eigenvalue weighted by atomic mass is 16.5. The highest BCUT2D eigenvalue weighted by Crippen LogP contribution is 2.42. The number of amides is 1. The first-order valence-electron chi connectivity index (χ1n) is 13.7. The Balaban J connectivity index is 1.74. The Morgan fingerprint density at radius 1 is 0.951 bits per heavy atom. The van der Waals surface area contributed by atoms with E-state index in [9.17, 15) is 14.7 Å². The van der Waals surface area contributed by atoms with E-state index in [2.05, 4.69) is 0 Å². The molecule has 4 rings (SSSR count). The van der Waals surface area contributed by atoms with Gasteiger partial charge in [-0.25, -0.2) is 0 Å². The third-order valence-electron chi connectivity index (χ3n) is 6.71. The Labute approximate surface area is 241 Å². The van der Waals surface area contributed by atoms with Crippen LogP contribution in [0.1, 0.15) is 49.1 Å². The van der Waals surface area contributed by atoms with Gasteiger partial charge in [0.2, 0.25) is 0 Å². The van der Waals surface area contributed by atoms with Crippen LogP contribution in [0.15, 0.2) is 72.3 Å². The Morgan fingerprint density at radius 3 is 2.34 bits per heavy atom. The van der Waals surface area contributed by atoms with Gasteiger partial charge in [0, 0.05) is 19.2 Å². The van der Waals surface area contributed by atoms with Crippen molar-refractivity contribution in [3.8, 4) is 17.2 Å². The van der Waals surface area contributed by atoms with Crippen LogP contribution >= 0.6 is 0 Å². The van der Waals surface area contributed by atoms with Crippen molar-refractivity contribution in [3.63, 3.8) is 0 Å². The third kappa shape index (κ3) is 6.72. The predicted octanol–water partition coefficient (Wildman–Crippen LogP) is 5.83. The summed E-state index contributed by atoms with van der Waals surface area (Å²) >= 11 is 0. The van der Waals surface area contributed by atoms with E-state index >= 15 is 0 Å². The molecular weight excluding hydrogens is 522 g/mol. The molecule has 1 heterocycles. The number of carbonyl (C=O) groups excluding carboxylic acids is 2. The number of carbonyl (C=O) groups is 2. The normalized spacial score (nSPS) is 16.3. The number of ketones is 1. The van der Waals surface area contributed by atoms with Crippen LogP contribution < -0.4 is 14.2 Å². The molecule has 1 aliphatic rings. The molecule has 3 aromatic rings. The van der Waals surface area contributed by atoms with Gasteiger partial charge in [0.05, 0.1) is 30.9 Å². The van der Waals surface area contributed by atoms with E-state index in [1.165, 1.54) is 12.0 Å². The summed E-state index contributed by atoms with van der Waals surface area (Å²) in [5, 5.41) is 11.5. The van der Waals surface area contributed by atoms with Crippen molar-refractivity contribution in [3.05, 3.63) is 94.6 Å². The van der Waals surface area contributed by atoms with E-state index in [1.54, 1.807) is 36.4 Å². The summed E-state index contributed by atoms with van der Waals surface area (Å²) in [4.78, 5) is 28.0. The molecule has 0 aliphatic carbocycles. The van der Waals surface area contributed by atoms with Gasteiger partial charge in [-0.1, -0.05) is 36.4 Å². The first-order valence-corrected chi connectivity index (χ1v) is 13.7. The summed E-state index contributed by atoms with van der Waals surface area (Å²) in [6.07, 6.45) is -0.0738. The minimum Gasteiger partial charge on any atom is -0.507 e. The van der Waals surface area contributed by atoms with E-state index in [1.807, 2.05) is 58.0 Å². The largest absolute Gasteiger partial charge is 0.507 e. The smallest absolute Gasteiger partial charge is 0.295 e. The highest BCUT2D eigenvalue weighted by Gasteiger charge is 2.46. The number of likely N-dealkylation sites (tertiary alicyclic amines) is 1. The number of hydrogen-bond donors (Lipinski definition) is 1. The average molecular weight is 560 g/mol. The fourth-order valence-electron chi connectivity index (χ4n) is 4.81. The molecule has 3 aromatic carbocycles. The molecule has 1 atom stereocenters. The second-order valence-electron chi connectivity index (χ2n) is 10.0. The molecule has 216 valence electrons. The molecular formula is C33H37NO7. The van der Waals surface area contributed by atoms with Crippen molar-refractivity contribution in [1.82, 2.24) is 4.90 Å².